The highest BCUT2D eigenvalue weighted by Gasteiger charge is 2.16. The summed E-state index contributed by atoms with van der Waals surface area (Å²) >= 11 is 0. The van der Waals surface area contributed by atoms with Crippen molar-refractivity contribution in [1.82, 2.24) is 4.90 Å². The third-order valence-corrected chi connectivity index (χ3v) is 3.66. The minimum atomic E-state index is 0. The van der Waals surface area contributed by atoms with Crippen molar-refractivity contribution in [2.45, 2.75) is 12.8 Å². The lowest BCUT2D eigenvalue weighted by Gasteiger charge is -2.17. The molecular weight excluding hydrogens is 399 g/mol. The summed E-state index contributed by atoms with van der Waals surface area (Å²) in [6.07, 6.45) is 2.35. The molecule has 3 rings (SSSR count). The number of guanidine groups is 1. The summed E-state index contributed by atoms with van der Waals surface area (Å²) in [7, 11) is 0. The van der Waals surface area contributed by atoms with Gasteiger partial charge in [0.05, 0.1) is 5.69 Å². The van der Waals surface area contributed by atoms with Crippen LogP contribution >= 0.6 is 24.0 Å². The highest BCUT2D eigenvalue weighted by Crippen LogP contribution is 2.16. The number of hydrogen-bond acceptors (Lipinski definition) is 1. The Bertz CT molecular complexity index is 662. The van der Waals surface area contributed by atoms with Crippen LogP contribution in [-0.2, 0) is 0 Å². The van der Waals surface area contributed by atoms with Gasteiger partial charge in [-0.15, -0.1) is 24.0 Å². The largest absolute Gasteiger partial charge is 0.383 e. The van der Waals surface area contributed by atoms with Crippen LogP contribution in [0.3, 0.4) is 0 Å². The van der Waals surface area contributed by atoms with E-state index in [4.69, 9.17) is 5.73 Å². The van der Waals surface area contributed by atoms with Gasteiger partial charge < -0.3 is 10.6 Å². The van der Waals surface area contributed by atoms with E-state index in [1.165, 1.54) is 12.8 Å². The Morgan fingerprint density at radius 1 is 0.870 bits per heavy atom. The molecule has 0 bridgehead atoms. The number of benzene rings is 2. The lowest BCUT2D eigenvalue weighted by atomic mass is 10.2. The first-order chi connectivity index (χ1) is 10.8. The van der Waals surface area contributed by atoms with Crippen molar-refractivity contribution < 1.29 is 0 Å². The third-order valence-electron chi connectivity index (χ3n) is 3.66. The van der Waals surface area contributed by atoms with E-state index >= 15 is 0 Å². The second kappa shape index (κ2) is 8.67. The van der Waals surface area contributed by atoms with Crippen LogP contribution in [0, 0.1) is 0 Å². The lowest BCUT2D eigenvalue weighted by Crippen LogP contribution is -2.29. The van der Waals surface area contributed by atoms with Crippen molar-refractivity contribution in [1.29, 1.82) is 0 Å². The first kappa shape index (κ1) is 17.5. The van der Waals surface area contributed by atoms with Crippen LogP contribution in [0.5, 0.6) is 0 Å². The molecule has 5 heteroatoms. The average molecular weight is 420 g/mol. The van der Waals surface area contributed by atoms with Gasteiger partial charge in [-0.05, 0) is 25.0 Å². The maximum absolute atomic E-state index is 6.16. The standard InChI is InChI=1S/C18H20N4.HI/c19-17(15-9-3-1-4-10-15)21-18(22-13-7-8-14-22)20-16-11-5-2-6-12-16;/h1-6,9-12H,7-8,13-14H2,(H2,19,20,21);1H. The summed E-state index contributed by atoms with van der Waals surface area (Å²) in [5.74, 6) is 1.20. The molecule has 1 aliphatic heterocycles. The van der Waals surface area contributed by atoms with E-state index in [0.717, 1.165) is 24.3 Å². The Morgan fingerprint density at radius 2 is 1.43 bits per heavy atom. The van der Waals surface area contributed by atoms with Gasteiger partial charge in [-0.25, -0.2) is 4.99 Å². The monoisotopic (exact) mass is 420 g/mol. The summed E-state index contributed by atoms with van der Waals surface area (Å²) in [5, 5.41) is 0. The first-order valence-electron chi connectivity index (χ1n) is 7.61. The molecule has 4 nitrogen and oxygen atoms in total. The lowest BCUT2D eigenvalue weighted by molar-refractivity contribution is 0.514. The zero-order valence-electron chi connectivity index (χ0n) is 12.9. The van der Waals surface area contributed by atoms with E-state index in [0.29, 0.717) is 11.8 Å². The second-order valence-electron chi connectivity index (χ2n) is 5.30. The van der Waals surface area contributed by atoms with E-state index in [2.05, 4.69) is 14.9 Å². The molecule has 0 spiro atoms. The molecular formula is C18H21IN4. The fourth-order valence-electron chi connectivity index (χ4n) is 2.48. The quantitative estimate of drug-likeness (QED) is 0.457. The molecule has 1 aliphatic rings. The number of amidine groups is 1. The van der Waals surface area contributed by atoms with E-state index in [9.17, 15) is 0 Å². The maximum atomic E-state index is 6.16. The number of nitrogens with two attached hydrogens (primary N) is 1. The van der Waals surface area contributed by atoms with Crippen molar-refractivity contribution in [2.75, 3.05) is 13.1 Å². The molecule has 0 atom stereocenters. The Labute approximate surface area is 154 Å². The number of rotatable bonds is 2. The van der Waals surface area contributed by atoms with Crippen LogP contribution in [0.1, 0.15) is 18.4 Å². The topological polar surface area (TPSA) is 54.0 Å². The first-order valence-corrected chi connectivity index (χ1v) is 7.61. The SMILES string of the molecule is I.N/C(=N\C(=Nc1ccccc1)N1CCCC1)c1ccccc1. The van der Waals surface area contributed by atoms with Crippen LogP contribution < -0.4 is 5.73 Å². The Kier molecular flexibility index (Phi) is 6.58. The van der Waals surface area contributed by atoms with Crippen LogP contribution in [0.25, 0.3) is 0 Å². The zero-order valence-corrected chi connectivity index (χ0v) is 15.3. The number of hydrogen-bond donors (Lipinski definition) is 1. The predicted molar refractivity (Wildman–Crippen MR) is 107 cm³/mol. The summed E-state index contributed by atoms with van der Waals surface area (Å²) < 4.78 is 0. The van der Waals surface area contributed by atoms with Crippen molar-refractivity contribution in [2.24, 2.45) is 15.7 Å². The van der Waals surface area contributed by atoms with Crippen LogP contribution in [-0.4, -0.2) is 29.8 Å². The molecule has 2 aromatic rings. The molecule has 0 unspecified atom stereocenters. The summed E-state index contributed by atoms with van der Waals surface area (Å²) in [6.45, 7) is 1.97. The third kappa shape index (κ3) is 4.79. The zero-order chi connectivity index (χ0) is 15.2. The van der Waals surface area contributed by atoms with Gasteiger partial charge >= 0.3 is 0 Å². The second-order valence-corrected chi connectivity index (χ2v) is 5.30. The molecule has 1 saturated heterocycles. The van der Waals surface area contributed by atoms with Crippen LogP contribution in [0.15, 0.2) is 70.6 Å². The summed E-state index contributed by atoms with van der Waals surface area (Å²) in [6, 6.07) is 19.7. The van der Waals surface area contributed by atoms with Crippen molar-refractivity contribution in [3.05, 3.63) is 66.2 Å². The number of para-hydroxylation sites is 1. The molecule has 0 aromatic heterocycles. The van der Waals surface area contributed by atoms with Gasteiger partial charge in [-0.1, -0.05) is 48.5 Å². The fraction of sp³-hybridized carbons (Fsp3) is 0.222. The van der Waals surface area contributed by atoms with Crippen molar-refractivity contribution in [3.8, 4) is 0 Å². The minimum Gasteiger partial charge on any atom is -0.383 e. The minimum absolute atomic E-state index is 0. The summed E-state index contributed by atoms with van der Waals surface area (Å²) in [4.78, 5) is 11.5. The normalized spacial score (nSPS) is 15.4. The molecule has 0 amide bonds. The van der Waals surface area contributed by atoms with Gasteiger partial charge in [-0.2, -0.15) is 4.99 Å². The molecule has 2 N–H and O–H groups in total. The highest BCUT2D eigenvalue weighted by atomic mass is 127. The fourth-order valence-corrected chi connectivity index (χ4v) is 2.48. The highest BCUT2D eigenvalue weighted by molar-refractivity contribution is 14.0. The number of nitrogens with zero attached hydrogens (tertiary/aromatic N) is 3. The number of likely N-dealkylation sites (tertiary alicyclic amines) is 1. The maximum Gasteiger partial charge on any atom is 0.227 e. The van der Waals surface area contributed by atoms with Crippen molar-refractivity contribution in [3.63, 3.8) is 0 Å². The summed E-state index contributed by atoms with van der Waals surface area (Å²) in [5.41, 5.74) is 7.98. The molecule has 1 fully saturated rings. The van der Waals surface area contributed by atoms with E-state index in [1.54, 1.807) is 0 Å². The van der Waals surface area contributed by atoms with E-state index in [1.807, 2.05) is 60.7 Å². The number of halogens is 1. The van der Waals surface area contributed by atoms with Crippen molar-refractivity contribution >= 4 is 41.5 Å². The molecule has 0 radical (unpaired) electrons. The van der Waals surface area contributed by atoms with Gasteiger partial charge in [0.1, 0.15) is 5.84 Å². The van der Waals surface area contributed by atoms with Crippen LogP contribution in [0.4, 0.5) is 5.69 Å². The van der Waals surface area contributed by atoms with E-state index in [-0.39, 0.29) is 24.0 Å². The Balaban J connectivity index is 0.00000192. The van der Waals surface area contributed by atoms with Gasteiger partial charge in [0, 0.05) is 18.7 Å². The average Bonchev–Trinajstić information content (AvgIpc) is 3.10. The van der Waals surface area contributed by atoms with E-state index < -0.39 is 0 Å². The molecule has 1 heterocycles. The molecule has 0 aliphatic carbocycles. The van der Waals surface area contributed by atoms with Crippen LogP contribution in [0.2, 0.25) is 0 Å². The van der Waals surface area contributed by atoms with Gasteiger partial charge in [0.2, 0.25) is 5.96 Å². The Hall–Kier alpha value is -1.89. The molecule has 23 heavy (non-hydrogen) atoms. The van der Waals surface area contributed by atoms with Gasteiger partial charge in [0.25, 0.3) is 0 Å². The number of aliphatic imine (C=N–C) groups is 2. The molecule has 120 valence electrons. The molecule has 0 saturated carbocycles. The van der Waals surface area contributed by atoms with Gasteiger partial charge in [-0.3, -0.25) is 0 Å². The van der Waals surface area contributed by atoms with Gasteiger partial charge in [0.15, 0.2) is 0 Å². The smallest absolute Gasteiger partial charge is 0.227 e. The Morgan fingerprint density at radius 3 is 2.04 bits per heavy atom. The molecule has 2 aromatic carbocycles. The predicted octanol–water partition coefficient (Wildman–Crippen LogP) is 3.79.